The molecule has 2 aromatic rings. The van der Waals surface area contributed by atoms with Gasteiger partial charge in [0.25, 0.3) is 5.91 Å². The van der Waals surface area contributed by atoms with E-state index in [1.54, 1.807) is 6.20 Å². The van der Waals surface area contributed by atoms with Crippen LogP contribution < -0.4 is 5.73 Å². The summed E-state index contributed by atoms with van der Waals surface area (Å²) < 4.78 is 5.38. The molecule has 20 heavy (non-hydrogen) atoms. The predicted octanol–water partition coefficient (Wildman–Crippen LogP) is 1.68. The zero-order chi connectivity index (χ0) is 14.1. The lowest BCUT2D eigenvalue weighted by Crippen LogP contribution is -2.47. The summed E-state index contributed by atoms with van der Waals surface area (Å²) >= 11 is 0. The number of morpholine rings is 1. The van der Waals surface area contributed by atoms with Crippen LogP contribution in [0, 0.1) is 0 Å². The van der Waals surface area contributed by atoms with Crippen molar-refractivity contribution in [1.82, 2.24) is 9.88 Å². The first-order valence-electron chi connectivity index (χ1n) is 6.70. The van der Waals surface area contributed by atoms with Crippen LogP contribution in [0.3, 0.4) is 0 Å². The maximum atomic E-state index is 12.7. The van der Waals surface area contributed by atoms with Crippen LogP contribution in [-0.4, -0.2) is 41.6 Å². The molecule has 2 heterocycles. The molecule has 0 bridgehead atoms. The maximum Gasteiger partial charge on any atom is 0.256 e. The molecule has 1 aromatic carbocycles. The Balaban J connectivity index is 2.06. The summed E-state index contributed by atoms with van der Waals surface area (Å²) in [6, 6.07) is 7.67. The molecule has 0 saturated carbocycles. The number of nitrogens with zero attached hydrogens (tertiary/aromatic N) is 2. The maximum absolute atomic E-state index is 12.7. The van der Waals surface area contributed by atoms with Gasteiger partial charge in [-0.1, -0.05) is 24.3 Å². The van der Waals surface area contributed by atoms with Gasteiger partial charge in [0.1, 0.15) is 5.82 Å². The Morgan fingerprint density at radius 1 is 1.40 bits per heavy atom. The van der Waals surface area contributed by atoms with Gasteiger partial charge in [-0.3, -0.25) is 4.79 Å². The van der Waals surface area contributed by atoms with Crippen LogP contribution in [0.5, 0.6) is 0 Å². The van der Waals surface area contributed by atoms with Crippen molar-refractivity contribution in [2.75, 3.05) is 25.5 Å². The van der Waals surface area contributed by atoms with Gasteiger partial charge in [-0.05, 0) is 12.3 Å². The Kier molecular flexibility index (Phi) is 3.28. The number of hydrogen-bond acceptors (Lipinski definition) is 4. The number of nitrogens with two attached hydrogens (primary N) is 1. The monoisotopic (exact) mass is 271 g/mol. The third-order valence-electron chi connectivity index (χ3n) is 3.68. The van der Waals surface area contributed by atoms with E-state index in [-0.39, 0.29) is 11.9 Å². The van der Waals surface area contributed by atoms with Crippen molar-refractivity contribution in [3.63, 3.8) is 0 Å². The largest absolute Gasteiger partial charge is 0.383 e. The third-order valence-corrected chi connectivity index (χ3v) is 3.68. The zero-order valence-electron chi connectivity index (χ0n) is 11.4. The number of amides is 1. The molecule has 1 saturated heterocycles. The lowest BCUT2D eigenvalue weighted by Gasteiger charge is -2.33. The third kappa shape index (κ3) is 2.10. The lowest BCUT2D eigenvalue weighted by molar-refractivity contribution is 0.00368. The highest BCUT2D eigenvalue weighted by Gasteiger charge is 2.26. The van der Waals surface area contributed by atoms with Crippen molar-refractivity contribution in [3.05, 3.63) is 36.0 Å². The molecule has 1 atom stereocenters. The minimum absolute atomic E-state index is 0.00972. The summed E-state index contributed by atoms with van der Waals surface area (Å²) in [5.74, 6) is 0.441. The van der Waals surface area contributed by atoms with E-state index < -0.39 is 0 Å². The second-order valence-electron chi connectivity index (χ2n) is 5.03. The normalized spacial score (nSPS) is 19.2. The number of rotatable bonds is 1. The molecule has 1 fully saturated rings. The fraction of sp³-hybridized carbons (Fsp3) is 0.333. The Bertz CT molecular complexity index is 657. The van der Waals surface area contributed by atoms with Gasteiger partial charge < -0.3 is 15.4 Å². The van der Waals surface area contributed by atoms with Crippen LogP contribution in [0.4, 0.5) is 5.82 Å². The molecule has 2 N–H and O–H groups in total. The second-order valence-corrected chi connectivity index (χ2v) is 5.03. The first-order chi connectivity index (χ1) is 9.68. The molecule has 3 rings (SSSR count). The molecule has 5 nitrogen and oxygen atoms in total. The fourth-order valence-corrected chi connectivity index (χ4v) is 2.57. The highest BCUT2D eigenvalue weighted by atomic mass is 16.5. The number of hydrogen-bond donors (Lipinski definition) is 1. The number of pyridine rings is 1. The SMILES string of the molecule is CC1COCCN1C(=O)c1cnc(N)c2ccccc12. The number of fused-ring (bicyclic) bond motifs is 1. The van der Waals surface area contributed by atoms with E-state index >= 15 is 0 Å². The van der Waals surface area contributed by atoms with E-state index in [9.17, 15) is 4.79 Å². The molecule has 104 valence electrons. The molecule has 0 aliphatic carbocycles. The number of carbonyl (C=O) groups is 1. The Labute approximate surface area is 117 Å². The number of nitrogen functional groups attached to an aromatic ring is 1. The first kappa shape index (κ1) is 12.9. The van der Waals surface area contributed by atoms with Gasteiger partial charge in [0, 0.05) is 18.1 Å². The average Bonchev–Trinajstić information content (AvgIpc) is 2.48. The Hall–Kier alpha value is -2.14. The standard InChI is InChI=1S/C15H17N3O2/c1-10-9-20-7-6-18(10)15(19)13-8-17-14(16)12-5-3-2-4-11(12)13/h2-5,8,10H,6-7,9H2,1H3,(H2,16,17). The van der Waals surface area contributed by atoms with Crippen LogP contribution in [-0.2, 0) is 4.74 Å². The van der Waals surface area contributed by atoms with Gasteiger partial charge in [-0.15, -0.1) is 0 Å². The molecule has 0 radical (unpaired) electrons. The van der Waals surface area contributed by atoms with Gasteiger partial charge in [-0.2, -0.15) is 0 Å². The second kappa shape index (κ2) is 5.09. The van der Waals surface area contributed by atoms with Crippen LogP contribution in [0.25, 0.3) is 10.8 Å². The Morgan fingerprint density at radius 3 is 2.90 bits per heavy atom. The minimum atomic E-state index is -0.00972. The van der Waals surface area contributed by atoms with Crippen LogP contribution in [0.15, 0.2) is 30.5 Å². The van der Waals surface area contributed by atoms with Crippen molar-refractivity contribution in [2.45, 2.75) is 13.0 Å². The van der Waals surface area contributed by atoms with Crippen molar-refractivity contribution in [2.24, 2.45) is 0 Å². The van der Waals surface area contributed by atoms with E-state index in [0.29, 0.717) is 31.1 Å². The number of benzene rings is 1. The van der Waals surface area contributed by atoms with Crippen LogP contribution >= 0.6 is 0 Å². The van der Waals surface area contributed by atoms with Gasteiger partial charge in [0.2, 0.25) is 0 Å². The first-order valence-corrected chi connectivity index (χ1v) is 6.70. The minimum Gasteiger partial charge on any atom is -0.383 e. The molecular formula is C15H17N3O2. The molecule has 1 aliphatic rings. The van der Waals surface area contributed by atoms with E-state index in [4.69, 9.17) is 10.5 Å². The highest BCUT2D eigenvalue weighted by Crippen LogP contribution is 2.24. The van der Waals surface area contributed by atoms with Gasteiger partial charge in [0.15, 0.2) is 0 Å². The van der Waals surface area contributed by atoms with Crippen molar-refractivity contribution in [3.8, 4) is 0 Å². The van der Waals surface area contributed by atoms with Crippen molar-refractivity contribution in [1.29, 1.82) is 0 Å². The highest BCUT2D eigenvalue weighted by molar-refractivity contribution is 6.09. The summed E-state index contributed by atoms with van der Waals surface area (Å²) in [5, 5.41) is 1.67. The summed E-state index contributed by atoms with van der Waals surface area (Å²) in [5.41, 5.74) is 6.48. The number of ether oxygens (including phenoxy) is 1. The summed E-state index contributed by atoms with van der Waals surface area (Å²) in [7, 11) is 0. The summed E-state index contributed by atoms with van der Waals surface area (Å²) in [6.07, 6.45) is 1.57. The molecule has 1 unspecified atom stereocenters. The van der Waals surface area contributed by atoms with E-state index in [1.165, 1.54) is 0 Å². The lowest BCUT2D eigenvalue weighted by atomic mass is 10.1. The van der Waals surface area contributed by atoms with E-state index in [1.807, 2.05) is 36.1 Å². The van der Waals surface area contributed by atoms with Crippen molar-refractivity contribution >= 4 is 22.5 Å². The fourth-order valence-electron chi connectivity index (χ4n) is 2.57. The average molecular weight is 271 g/mol. The molecule has 0 spiro atoms. The smallest absolute Gasteiger partial charge is 0.256 e. The number of carbonyl (C=O) groups excluding carboxylic acids is 1. The quantitative estimate of drug-likeness (QED) is 0.856. The van der Waals surface area contributed by atoms with Crippen LogP contribution in [0.2, 0.25) is 0 Å². The molecule has 1 amide bonds. The molecule has 1 aromatic heterocycles. The van der Waals surface area contributed by atoms with E-state index in [2.05, 4.69) is 4.98 Å². The van der Waals surface area contributed by atoms with Crippen LogP contribution in [0.1, 0.15) is 17.3 Å². The number of anilines is 1. The predicted molar refractivity (Wildman–Crippen MR) is 77.5 cm³/mol. The van der Waals surface area contributed by atoms with Gasteiger partial charge in [0.05, 0.1) is 24.8 Å². The molecule has 1 aliphatic heterocycles. The molecular weight excluding hydrogens is 254 g/mol. The summed E-state index contributed by atoms with van der Waals surface area (Å²) in [6.45, 7) is 3.76. The Morgan fingerprint density at radius 2 is 2.15 bits per heavy atom. The van der Waals surface area contributed by atoms with Gasteiger partial charge >= 0.3 is 0 Å². The molecule has 5 heteroatoms. The summed E-state index contributed by atoms with van der Waals surface area (Å²) in [4.78, 5) is 18.7. The van der Waals surface area contributed by atoms with E-state index in [0.717, 1.165) is 10.8 Å². The van der Waals surface area contributed by atoms with Crippen molar-refractivity contribution < 1.29 is 9.53 Å². The number of aromatic nitrogens is 1. The van der Waals surface area contributed by atoms with Gasteiger partial charge in [-0.25, -0.2) is 4.98 Å². The topological polar surface area (TPSA) is 68.5 Å². The zero-order valence-corrected chi connectivity index (χ0v) is 11.4.